The number of piperidine rings is 1. The molecule has 27 heavy (non-hydrogen) atoms. The van der Waals surface area contributed by atoms with Gasteiger partial charge in [0.1, 0.15) is 6.54 Å². The molecule has 4 nitrogen and oxygen atoms in total. The van der Waals surface area contributed by atoms with Crippen LogP contribution in [0.25, 0.3) is 0 Å². The number of anilines is 2. The van der Waals surface area contributed by atoms with Gasteiger partial charge in [-0.25, -0.2) is 0 Å². The van der Waals surface area contributed by atoms with Gasteiger partial charge in [-0.3, -0.25) is 4.79 Å². The van der Waals surface area contributed by atoms with Crippen LogP contribution in [0.2, 0.25) is 0 Å². The summed E-state index contributed by atoms with van der Waals surface area (Å²) in [4.78, 5) is 16.3. The van der Waals surface area contributed by atoms with Gasteiger partial charge in [0.25, 0.3) is 5.91 Å². The highest BCUT2D eigenvalue weighted by atomic mass is 16.2. The number of carbonyl (C=O) groups excluding carboxylic acids is 1. The average molecular weight is 367 g/mol. The average Bonchev–Trinajstić information content (AvgIpc) is 2.70. The summed E-state index contributed by atoms with van der Waals surface area (Å²) in [6.45, 7) is 7.23. The Morgan fingerprint density at radius 2 is 1.74 bits per heavy atom. The Bertz CT molecular complexity index is 750. The molecule has 0 aliphatic carbocycles. The zero-order chi connectivity index (χ0) is 19.2. The highest BCUT2D eigenvalue weighted by Gasteiger charge is 2.22. The van der Waals surface area contributed by atoms with E-state index in [1.54, 1.807) is 0 Å². The number of nitrogens with one attached hydrogen (secondary N) is 2. The minimum Gasteiger partial charge on any atom is -0.372 e. The van der Waals surface area contributed by atoms with Gasteiger partial charge in [0.05, 0.1) is 7.05 Å². The van der Waals surface area contributed by atoms with E-state index in [-0.39, 0.29) is 11.9 Å². The van der Waals surface area contributed by atoms with Crippen LogP contribution < -0.4 is 15.1 Å². The van der Waals surface area contributed by atoms with E-state index in [2.05, 4.69) is 60.6 Å². The zero-order valence-electron chi connectivity index (χ0n) is 16.8. The van der Waals surface area contributed by atoms with E-state index in [0.717, 1.165) is 25.3 Å². The standard InChI is InChI=1S/C23H31N3O/c1-18-9-5-6-10-20(18)17-25(3)19(2)23(27)24-21-11-13-22(14-12-21)26-15-7-4-8-16-26/h5-6,9-14,19H,4,7-8,15-17H2,1-3H3,(H,24,27)/p+1/t19-/m1/s1. The Morgan fingerprint density at radius 3 is 2.41 bits per heavy atom. The molecule has 1 fully saturated rings. The molecular weight excluding hydrogens is 334 g/mol. The van der Waals surface area contributed by atoms with Gasteiger partial charge >= 0.3 is 0 Å². The number of rotatable bonds is 6. The van der Waals surface area contributed by atoms with Gasteiger partial charge in [0, 0.05) is 30.0 Å². The van der Waals surface area contributed by atoms with Crippen LogP contribution in [0.4, 0.5) is 11.4 Å². The molecule has 2 N–H and O–H groups in total. The quantitative estimate of drug-likeness (QED) is 0.825. The number of amides is 1. The van der Waals surface area contributed by atoms with E-state index in [0.29, 0.717) is 0 Å². The highest BCUT2D eigenvalue weighted by molar-refractivity contribution is 5.93. The first-order valence-electron chi connectivity index (χ1n) is 10.1. The van der Waals surface area contributed by atoms with Crippen molar-refractivity contribution in [1.29, 1.82) is 0 Å². The molecule has 1 aliphatic heterocycles. The highest BCUT2D eigenvalue weighted by Crippen LogP contribution is 2.21. The second-order valence-corrected chi connectivity index (χ2v) is 7.76. The van der Waals surface area contributed by atoms with Gasteiger partial charge in [0.15, 0.2) is 6.04 Å². The monoisotopic (exact) mass is 366 g/mol. The van der Waals surface area contributed by atoms with Crippen molar-refractivity contribution in [2.75, 3.05) is 30.4 Å². The number of benzene rings is 2. The first-order chi connectivity index (χ1) is 13.0. The molecule has 1 saturated heterocycles. The van der Waals surface area contributed by atoms with Crippen LogP contribution in [0.15, 0.2) is 48.5 Å². The van der Waals surface area contributed by atoms with Crippen LogP contribution in [0, 0.1) is 6.92 Å². The van der Waals surface area contributed by atoms with Crippen LogP contribution in [0.5, 0.6) is 0 Å². The number of hydrogen-bond acceptors (Lipinski definition) is 2. The molecule has 2 atom stereocenters. The molecule has 2 aromatic carbocycles. The van der Waals surface area contributed by atoms with Crippen molar-refractivity contribution in [2.24, 2.45) is 0 Å². The van der Waals surface area contributed by atoms with E-state index < -0.39 is 0 Å². The van der Waals surface area contributed by atoms with Gasteiger partial charge in [-0.15, -0.1) is 0 Å². The van der Waals surface area contributed by atoms with E-state index in [9.17, 15) is 4.79 Å². The van der Waals surface area contributed by atoms with Crippen LogP contribution in [-0.4, -0.2) is 32.1 Å². The molecule has 0 aromatic heterocycles. The molecular formula is C23H32N3O+. The first kappa shape index (κ1) is 19.4. The number of aryl methyl sites for hydroxylation is 1. The van der Waals surface area contributed by atoms with Gasteiger partial charge < -0.3 is 15.1 Å². The SMILES string of the molecule is Cc1ccccc1C[NH+](C)[C@H](C)C(=O)Nc1ccc(N2CCCCC2)cc1. The lowest BCUT2D eigenvalue weighted by atomic mass is 10.1. The minimum atomic E-state index is -0.119. The molecule has 0 bridgehead atoms. The number of hydrogen-bond donors (Lipinski definition) is 2. The summed E-state index contributed by atoms with van der Waals surface area (Å²) >= 11 is 0. The lowest BCUT2D eigenvalue weighted by Gasteiger charge is -2.29. The minimum absolute atomic E-state index is 0.0619. The molecule has 1 unspecified atom stereocenters. The van der Waals surface area contributed by atoms with E-state index in [1.807, 2.05) is 19.1 Å². The summed E-state index contributed by atoms with van der Waals surface area (Å²) in [5.74, 6) is 0.0619. The molecule has 1 aliphatic rings. The van der Waals surface area contributed by atoms with E-state index in [1.165, 1.54) is 41.0 Å². The Labute approximate surface area is 163 Å². The van der Waals surface area contributed by atoms with E-state index in [4.69, 9.17) is 0 Å². The molecule has 0 radical (unpaired) electrons. The van der Waals surface area contributed by atoms with E-state index >= 15 is 0 Å². The third-order valence-corrected chi connectivity index (χ3v) is 5.72. The third-order valence-electron chi connectivity index (χ3n) is 5.72. The van der Waals surface area contributed by atoms with Crippen LogP contribution in [0.3, 0.4) is 0 Å². The Balaban J connectivity index is 1.56. The number of nitrogens with zero attached hydrogens (tertiary/aromatic N) is 1. The maximum Gasteiger partial charge on any atom is 0.282 e. The van der Waals surface area contributed by atoms with Crippen LogP contribution >= 0.6 is 0 Å². The smallest absolute Gasteiger partial charge is 0.282 e. The molecule has 1 heterocycles. The van der Waals surface area contributed by atoms with Crippen molar-refractivity contribution in [3.05, 3.63) is 59.7 Å². The van der Waals surface area contributed by atoms with Crippen molar-refractivity contribution >= 4 is 17.3 Å². The first-order valence-corrected chi connectivity index (χ1v) is 10.1. The van der Waals surface area contributed by atoms with Crippen molar-refractivity contribution in [3.63, 3.8) is 0 Å². The summed E-state index contributed by atoms with van der Waals surface area (Å²) in [7, 11) is 2.08. The normalized spacial score (nSPS) is 16.6. The molecule has 144 valence electrons. The molecule has 3 rings (SSSR count). The fourth-order valence-corrected chi connectivity index (χ4v) is 3.64. The van der Waals surface area contributed by atoms with Crippen molar-refractivity contribution < 1.29 is 9.69 Å². The molecule has 0 saturated carbocycles. The summed E-state index contributed by atoms with van der Waals surface area (Å²) in [6.07, 6.45) is 3.87. The lowest BCUT2D eigenvalue weighted by molar-refractivity contribution is -0.907. The number of quaternary nitrogens is 1. The maximum absolute atomic E-state index is 12.7. The summed E-state index contributed by atoms with van der Waals surface area (Å²) in [5.41, 5.74) is 4.69. The second-order valence-electron chi connectivity index (χ2n) is 7.76. The van der Waals surface area contributed by atoms with Crippen molar-refractivity contribution in [3.8, 4) is 0 Å². The number of carbonyl (C=O) groups is 1. The van der Waals surface area contributed by atoms with Gasteiger partial charge in [0.2, 0.25) is 0 Å². The lowest BCUT2D eigenvalue weighted by Crippen LogP contribution is -3.12. The Morgan fingerprint density at radius 1 is 1.07 bits per heavy atom. The number of likely N-dealkylation sites (N-methyl/N-ethyl adjacent to an activating group) is 1. The molecule has 4 heteroatoms. The fraction of sp³-hybridized carbons (Fsp3) is 0.435. The maximum atomic E-state index is 12.7. The van der Waals surface area contributed by atoms with Crippen LogP contribution in [-0.2, 0) is 11.3 Å². The topological polar surface area (TPSA) is 36.8 Å². The Kier molecular flexibility index (Phi) is 6.51. The zero-order valence-corrected chi connectivity index (χ0v) is 16.8. The fourth-order valence-electron chi connectivity index (χ4n) is 3.64. The molecule has 1 amide bonds. The predicted molar refractivity (Wildman–Crippen MR) is 112 cm³/mol. The third kappa shape index (κ3) is 5.10. The van der Waals surface area contributed by atoms with Crippen molar-refractivity contribution in [1.82, 2.24) is 0 Å². The Hall–Kier alpha value is -2.33. The van der Waals surface area contributed by atoms with Crippen molar-refractivity contribution in [2.45, 2.75) is 45.7 Å². The van der Waals surface area contributed by atoms with Gasteiger partial charge in [-0.05, 0) is 62.9 Å². The summed E-state index contributed by atoms with van der Waals surface area (Å²) in [5, 5.41) is 3.07. The van der Waals surface area contributed by atoms with Gasteiger partial charge in [-0.2, -0.15) is 0 Å². The molecule has 2 aromatic rings. The summed E-state index contributed by atoms with van der Waals surface area (Å²) in [6, 6.07) is 16.5. The van der Waals surface area contributed by atoms with Crippen LogP contribution in [0.1, 0.15) is 37.3 Å². The molecule has 0 spiro atoms. The van der Waals surface area contributed by atoms with Gasteiger partial charge in [-0.1, -0.05) is 24.3 Å². The summed E-state index contributed by atoms with van der Waals surface area (Å²) < 4.78 is 0. The second kappa shape index (κ2) is 9.05. The largest absolute Gasteiger partial charge is 0.372 e. The predicted octanol–water partition coefficient (Wildman–Crippen LogP) is 3.03.